The number of thioether (sulfide) groups is 2. The zero-order valence-corrected chi connectivity index (χ0v) is 15.6. The zero-order valence-electron chi connectivity index (χ0n) is 14.0. The molecule has 1 aromatic heterocycles. The summed E-state index contributed by atoms with van der Waals surface area (Å²) in [6.07, 6.45) is -0.243. The lowest BCUT2D eigenvalue weighted by molar-refractivity contribution is -0.117. The smallest absolute Gasteiger partial charge is 0.236 e. The quantitative estimate of drug-likeness (QED) is 0.778. The van der Waals surface area contributed by atoms with E-state index in [4.69, 9.17) is 4.74 Å². The summed E-state index contributed by atoms with van der Waals surface area (Å²) < 4.78 is 7.73. The van der Waals surface area contributed by atoms with Gasteiger partial charge in [-0.15, -0.1) is 10.2 Å². The molecule has 0 radical (unpaired) electrons. The van der Waals surface area contributed by atoms with Crippen LogP contribution < -0.4 is 10.1 Å². The van der Waals surface area contributed by atoms with Crippen LogP contribution in [0.2, 0.25) is 0 Å². The van der Waals surface area contributed by atoms with Crippen LogP contribution in [-0.4, -0.2) is 43.9 Å². The third kappa shape index (κ3) is 4.76. The molecular formula is C16H19N5O2S2. The van der Waals surface area contributed by atoms with Gasteiger partial charge >= 0.3 is 0 Å². The topological polar surface area (TPSA) is 81.4 Å². The normalized spacial score (nSPS) is 14.9. The second-order valence-electron chi connectivity index (χ2n) is 5.35. The number of hydrogen-bond acceptors (Lipinski definition) is 7. The summed E-state index contributed by atoms with van der Waals surface area (Å²) in [5, 5.41) is 12.5. The van der Waals surface area contributed by atoms with E-state index >= 15 is 0 Å². The number of aromatic nitrogens is 3. The highest BCUT2D eigenvalue weighted by molar-refractivity contribution is 8.14. The van der Waals surface area contributed by atoms with Gasteiger partial charge in [0.2, 0.25) is 5.91 Å². The van der Waals surface area contributed by atoms with E-state index in [9.17, 15) is 4.79 Å². The summed E-state index contributed by atoms with van der Waals surface area (Å²) >= 11 is 2.90. The Bertz CT molecular complexity index is 763. The molecule has 1 N–H and O–H groups in total. The minimum absolute atomic E-state index is 0.0868. The highest BCUT2D eigenvalue weighted by atomic mass is 32.2. The number of aliphatic imine (C=N–C) groups is 1. The molecular weight excluding hydrogens is 358 g/mol. The first-order valence-corrected chi connectivity index (χ1v) is 9.81. The fourth-order valence-corrected chi connectivity index (χ4v) is 3.72. The SMILES string of the molecule is C[C@H](Oc1ccccc1)c1nnc(SCC(=O)NC2=NCCS2)n1C. The fourth-order valence-electron chi connectivity index (χ4n) is 2.26. The molecule has 2 aromatic rings. The number of amidine groups is 1. The molecule has 1 aromatic carbocycles. The van der Waals surface area contributed by atoms with Gasteiger partial charge in [0, 0.05) is 12.8 Å². The molecule has 132 valence electrons. The molecule has 0 saturated carbocycles. The molecule has 25 heavy (non-hydrogen) atoms. The summed E-state index contributed by atoms with van der Waals surface area (Å²) in [6.45, 7) is 2.69. The average molecular weight is 377 g/mol. The van der Waals surface area contributed by atoms with E-state index in [0.717, 1.165) is 18.0 Å². The van der Waals surface area contributed by atoms with Crippen molar-refractivity contribution in [1.82, 2.24) is 20.1 Å². The van der Waals surface area contributed by atoms with Crippen molar-refractivity contribution >= 4 is 34.6 Å². The van der Waals surface area contributed by atoms with E-state index in [1.54, 1.807) is 11.8 Å². The molecule has 1 amide bonds. The Kier molecular flexibility index (Phi) is 5.98. The Hall–Kier alpha value is -2.00. The molecule has 0 bridgehead atoms. The zero-order chi connectivity index (χ0) is 17.6. The van der Waals surface area contributed by atoms with Crippen LogP contribution in [0.25, 0.3) is 0 Å². The number of rotatable bonds is 6. The lowest BCUT2D eigenvalue weighted by Crippen LogP contribution is -2.29. The van der Waals surface area contributed by atoms with E-state index in [1.165, 1.54) is 11.8 Å². The Morgan fingerprint density at radius 1 is 1.40 bits per heavy atom. The standard InChI is InChI=1S/C16H19N5O2S2/c1-11(23-12-6-4-3-5-7-12)14-19-20-16(21(14)2)25-10-13(22)18-15-17-8-9-24-15/h3-7,11H,8-10H2,1-2H3,(H,17,18,22)/t11-/m0/s1. The van der Waals surface area contributed by atoms with Crippen molar-refractivity contribution in [2.24, 2.45) is 12.0 Å². The highest BCUT2D eigenvalue weighted by Crippen LogP contribution is 2.23. The number of hydrogen-bond donors (Lipinski definition) is 1. The Morgan fingerprint density at radius 2 is 2.20 bits per heavy atom. The first-order valence-electron chi connectivity index (χ1n) is 7.84. The Balaban J connectivity index is 1.56. The molecule has 0 aliphatic carbocycles. The van der Waals surface area contributed by atoms with Crippen LogP contribution in [0.15, 0.2) is 40.5 Å². The van der Waals surface area contributed by atoms with Crippen molar-refractivity contribution in [2.75, 3.05) is 18.1 Å². The van der Waals surface area contributed by atoms with Gasteiger partial charge in [-0.3, -0.25) is 9.79 Å². The fraction of sp³-hybridized carbons (Fsp3) is 0.375. The Labute approximate surface area is 154 Å². The van der Waals surface area contributed by atoms with E-state index in [-0.39, 0.29) is 17.8 Å². The second kappa shape index (κ2) is 8.39. The maximum atomic E-state index is 12.0. The van der Waals surface area contributed by atoms with Crippen molar-refractivity contribution in [2.45, 2.75) is 18.2 Å². The van der Waals surface area contributed by atoms with Crippen LogP contribution in [0.4, 0.5) is 0 Å². The van der Waals surface area contributed by atoms with E-state index in [2.05, 4.69) is 20.5 Å². The molecule has 2 heterocycles. The first kappa shape index (κ1) is 17.8. The van der Waals surface area contributed by atoms with Gasteiger partial charge in [-0.05, 0) is 19.1 Å². The third-order valence-corrected chi connectivity index (χ3v) is 5.36. The van der Waals surface area contributed by atoms with Crippen LogP contribution in [0.3, 0.4) is 0 Å². The van der Waals surface area contributed by atoms with Gasteiger partial charge in [0.25, 0.3) is 0 Å². The third-order valence-electron chi connectivity index (χ3n) is 3.45. The largest absolute Gasteiger partial charge is 0.483 e. The lowest BCUT2D eigenvalue weighted by atomic mass is 10.3. The van der Waals surface area contributed by atoms with E-state index in [0.29, 0.717) is 16.1 Å². The second-order valence-corrected chi connectivity index (χ2v) is 7.37. The number of nitrogens with one attached hydrogen (secondary N) is 1. The molecule has 0 saturated heterocycles. The number of carbonyl (C=O) groups is 1. The van der Waals surface area contributed by atoms with Crippen LogP contribution in [0.5, 0.6) is 5.75 Å². The van der Waals surface area contributed by atoms with Crippen molar-refractivity contribution in [3.63, 3.8) is 0 Å². The molecule has 1 aliphatic heterocycles. The molecule has 9 heteroatoms. The minimum Gasteiger partial charge on any atom is -0.483 e. The lowest BCUT2D eigenvalue weighted by Gasteiger charge is -2.14. The number of ether oxygens (including phenoxy) is 1. The van der Waals surface area contributed by atoms with Gasteiger partial charge in [0.1, 0.15) is 5.75 Å². The summed E-state index contributed by atoms with van der Waals surface area (Å²) in [7, 11) is 1.87. The predicted molar refractivity (Wildman–Crippen MR) is 100 cm³/mol. The minimum atomic E-state index is -0.243. The molecule has 0 spiro atoms. The number of benzene rings is 1. The van der Waals surface area contributed by atoms with Gasteiger partial charge in [-0.25, -0.2) is 0 Å². The van der Waals surface area contributed by atoms with Crippen LogP contribution in [-0.2, 0) is 11.8 Å². The van der Waals surface area contributed by atoms with Crippen LogP contribution in [0, 0.1) is 0 Å². The Morgan fingerprint density at radius 3 is 2.92 bits per heavy atom. The number of carbonyl (C=O) groups excluding carboxylic acids is 1. The molecule has 1 atom stereocenters. The molecule has 0 fully saturated rings. The predicted octanol–water partition coefficient (Wildman–Crippen LogP) is 2.27. The van der Waals surface area contributed by atoms with Crippen molar-refractivity contribution in [3.05, 3.63) is 36.2 Å². The highest BCUT2D eigenvalue weighted by Gasteiger charge is 2.18. The maximum Gasteiger partial charge on any atom is 0.236 e. The number of para-hydroxylation sites is 1. The first-order chi connectivity index (χ1) is 12.1. The monoisotopic (exact) mass is 377 g/mol. The molecule has 3 rings (SSSR count). The van der Waals surface area contributed by atoms with E-state index < -0.39 is 0 Å². The summed E-state index contributed by atoms with van der Waals surface area (Å²) in [4.78, 5) is 16.2. The summed E-state index contributed by atoms with van der Waals surface area (Å²) in [5.41, 5.74) is 0. The number of nitrogens with zero attached hydrogens (tertiary/aromatic N) is 4. The van der Waals surface area contributed by atoms with Gasteiger partial charge in [0.05, 0.1) is 12.3 Å². The van der Waals surface area contributed by atoms with Crippen molar-refractivity contribution < 1.29 is 9.53 Å². The van der Waals surface area contributed by atoms with Crippen LogP contribution >= 0.6 is 23.5 Å². The van der Waals surface area contributed by atoms with Gasteiger partial charge in [0.15, 0.2) is 22.3 Å². The van der Waals surface area contributed by atoms with Gasteiger partial charge in [-0.2, -0.15) is 0 Å². The van der Waals surface area contributed by atoms with Gasteiger partial charge < -0.3 is 14.6 Å². The molecule has 0 unspecified atom stereocenters. The summed E-state index contributed by atoms with van der Waals surface area (Å²) in [5.74, 6) is 2.59. The van der Waals surface area contributed by atoms with Crippen LogP contribution in [0.1, 0.15) is 18.9 Å². The number of amides is 1. The maximum absolute atomic E-state index is 12.0. The molecule has 1 aliphatic rings. The van der Waals surface area contributed by atoms with Crippen molar-refractivity contribution in [1.29, 1.82) is 0 Å². The van der Waals surface area contributed by atoms with E-state index in [1.807, 2.05) is 48.9 Å². The molecule has 7 nitrogen and oxygen atoms in total. The average Bonchev–Trinajstić information content (AvgIpc) is 3.23. The summed E-state index contributed by atoms with van der Waals surface area (Å²) in [6, 6.07) is 9.58. The van der Waals surface area contributed by atoms with Gasteiger partial charge in [-0.1, -0.05) is 41.7 Å². The van der Waals surface area contributed by atoms with Crippen molar-refractivity contribution in [3.8, 4) is 5.75 Å².